The molecule has 2 aromatic heterocycles. The Hall–Kier alpha value is -4.26. The third-order valence-corrected chi connectivity index (χ3v) is 7.79. The second kappa shape index (κ2) is 12.1. The molecule has 0 aliphatic heterocycles. The number of rotatable bonds is 9. The van der Waals surface area contributed by atoms with E-state index >= 15 is 0 Å². The molecule has 5 rings (SSSR count). The Morgan fingerprint density at radius 1 is 1.02 bits per heavy atom. The Morgan fingerprint density at radius 2 is 1.76 bits per heavy atom. The van der Waals surface area contributed by atoms with Gasteiger partial charge >= 0.3 is 5.97 Å². The molecule has 1 saturated carbocycles. The number of carbonyl (C=O) groups excluding carboxylic acids is 1. The number of aromatic nitrogens is 2. The SMILES string of the molecule is CC(C)(C)c1ccc(Oc2ccc3cc(C(=O)N[C@@H](Cc4cccnc4)C(=O)O)nc(CC4CCCC4)c3c2)cc1. The first-order valence-corrected chi connectivity index (χ1v) is 14.3. The number of pyridine rings is 2. The van der Waals surface area contributed by atoms with Crippen LogP contribution in [0.4, 0.5) is 0 Å². The Bertz CT molecular complexity index is 1520. The number of amides is 1. The molecule has 2 heterocycles. The maximum atomic E-state index is 13.3. The fourth-order valence-corrected chi connectivity index (χ4v) is 5.47. The summed E-state index contributed by atoms with van der Waals surface area (Å²) in [7, 11) is 0. The predicted octanol–water partition coefficient (Wildman–Crippen LogP) is 6.88. The van der Waals surface area contributed by atoms with Gasteiger partial charge in [-0.2, -0.15) is 0 Å². The van der Waals surface area contributed by atoms with Gasteiger partial charge < -0.3 is 15.2 Å². The molecule has 0 radical (unpaired) electrons. The highest BCUT2D eigenvalue weighted by molar-refractivity contribution is 5.99. The summed E-state index contributed by atoms with van der Waals surface area (Å²) < 4.78 is 6.21. The molecule has 4 aromatic rings. The minimum atomic E-state index is -1.11. The van der Waals surface area contributed by atoms with E-state index in [1.807, 2.05) is 30.3 Å². The topological polar surface area (TPSA) is 101 Å². The summed E-state index contributed by atoms with van der Waals surface area (Å²) in [6, 6.07) is 18.2. The van der Waals surface area contributed by atoms with E-state index in [-0.39, 0.29) is 17.5 Å². The Balaban J connectivity index is 1.42. The van der Waals surface area contributed by atoms with Crippen molar-refractivity contribution in [1.82, 2.24) is 15.3 Å². The number of carbonyl (C=O) groups is 2. The molecule has 0 unspecified atom stereocenters. The Morgan fingerprint density at radius 3 is 2.41 bits per heavy atom. The molecule has 0 saturated heterocycles. The first-order chi connectivity index (χ1) is 19.7. The standard InChI is InChI=1S/C34H37N3O4/c1-34(2,3)25-11-14-26(15-12-25)41-27-13-10-24-19-30(36-29(28(24)20-27)17-22-7-4-5-8-22)32(38)37-31(33(39)40)18-23-9-6-16-35-21-23/h6,9-16,19-22,31H,4-5,7-8,17-18H2,1-3H3,(H,37,38)(H,39,40)/t31-/m0/s1. The van der Waals surface area contributed by atoms with Crippen LogP contribution in [0.15, 0.2) is 73.1 Å². The van der Waals surface area contributed by atoms with E-state index in [4.69, 9.17) is 9.72 Å². The highest BCUT2D eigenvalue weighted by Gasteiger charge is 2.24. The third kappa shape index (κ3) is 7.09. The molecule has 41 heavy (non-hydrogen) atoms. The zero-order valence-electron chi connectivity index (χ0n) is 23.9. The number of aliphatic carboxylic acids is 1. The van der Waals surface area contributed by atoms with Crippen LogP contribution >= 0.6 is 0 Å². The number of carboxylic acid groups (broad SMARTS) is 1. The van der Waals surface area contributed by atoms with Crippen LogP contribution in [-0.2, 0) is 23.1 Å². The summed E-state index contributed by atoms with van der Waals surface area (Å²) in [4.78, 5) is 34.1. The fraction of sp³-hybridized carbons (Fsp3) is 0.353. The summed E-state index contributed by atoms with van der Waals surface area (Å²) in [5, 5.41) is 14.3. The van der Waals surface area contributed by atoms with Gasteiger partial charge in [0.2, 0.25) is 0 Å². The maximum absolute atomic E-state index is 13.3. The lowest BCUT2D eigenvalue weighted by Crippen LogP contribution is -2.42. The number of hydrogen-bond acceptors (Lipinski definition) is 5. The van der Waals surface area contributed by atoms with Gasteiger partial charge in [-0.05, 0) is 70.7 Å². The van der Waals surface area contributed by atoms with Crippen molar-refractivity contribution >= 4 is 22.6 Å². The second-order valence-corrected chi connectivity index (χ2v) is 12.0. The molecule has 1 aliphatic rings. The van der Waals surface area contributed by atoms with Crippen molar-refractivity contribution in [2.45, 2.75) is 70.8 Å². The van der Waals surface area contributed by atoms with Gasteiger partial charge in [0, 0.05) is 29.9 Å². The van der Waals surface area contributed by atoms with E-state index in [1.54, 1.807) is 30.6 Å². The number of hydrogen-bond donors (Lipinski definition) is 2. The van der Waals surface area contributed by atoms with E-state index in [0.29, 0.717) is 11.7 Å². The lowest BCUT2D eigenvalue weighted by Gasteiger charge is -2.19. The second-order valence-electron chi connectivity index (χ2n) is 12.0. The first-order valence-electron chi connectivity index (χ1n) is 14.3. The van der Waals surface area contributed by atoms with Crippen LogP contribution in [0.5, 0.6) is 11.5 Å². The molecule has 1 fully saturated rings. The zero-order chi connectivity index (χ0) is 29.0. The van der Waals surface area contributed by atoms with Crippen molar-refractivity contribution < 1.29 is 19.4 Å². The molecule has 7 heteroatoms. The minimum absolute atomic E-state index is 0.0650. The van der Waals surface area contributed by atoms with Crippen LogP contribution in [0.25, 0.3) is 10.8 Å². The third-order valence-electron chi connectivity index (χ3n) is 7.79. The summed E-state index contributed by atoms with van der Waals surface area (Å²) >= 11 is 0. The van der Waals surface area contributed by atoms with Crippen LogP contribution in [0.2, 0.25) is 0 Å². The van der Waals surface area contributed by atoms with E-state index < -0.39 is 17.9 Å². The van der Waals surface area contributed by atoms with Crippen molar-refractivity contribution in [1.29, 1.82) is 0 Å². The average Bonchev–Trinajstić information content (AvgIpc) is 3.46. The van der Waals surface area contributed by atoms with Crippen LogP contribution in [0.3, 0.4) is 0 Å². The number of nitrogens with one attached hydrogen (secondary N) is 1. The number of carboxylic acids is 1. The van der Waals surface area contributed by atoms with Crippen LogP contribution in [0.1, 0.15) is 73.8 Å². The molecular weight excluding hydrogens is 514 g/mol. The molecule has 0 bridgehead atoms. The smallest absolute Gasteiger partial charge is 0.326 e. The van der Waals surface area contributed by atoms with Gasteiger partial charge in [0.1, 0.15) is 23.2 Å². The summed E-state index contributed by atoms with van der Waals surface area (Å²) in [5.41, 5.74) is 3.09. The van der Waals surface area contributed by atoms with Gasteiger partial charge in [-0.3, -0.25) is 9.78 Å². The van der Waals surface area contributed by atoms with Crippen LogP contribution in [-0.4, -0.2) is 33.0 Å². The van der Waals surface area contributed by atoms with Crippen molar-refractivity contribution in [3.8, 4) is 11.5 Å². The molecule has 2 N–H and O–H groups in total. The molecular formula is C34H37N3O4. The summed E-state index contributed by atoms with van der Waals surface area (Å²) in [6.07, 6.45) is 8.82. The van der Waals surface area contributed by atoms with Crippen molar-refractivity contribution in [3.05, 3.63) is 95.6 Å². The predicted molar refractivity (Wildman–Crippen MR) is 159 cm³/mol. The minimum Gasteiger partial charge on any atom is -0.480 e. The van der Waals surface area contributed by atoms with E-state index in [2.05, 4.69) is 43.2 Å². The zero-order valence-corrected chi connectivity index (χ0v) is 23.9. The highest BCUT2D eigenvalue weighted by Crippen LogP contribution is 2.33. The van der Waals surface area contributed by atoms with Gasteiger partial charge in [-0.1, -0.05) is 70.7 Å². The molecule has 1 atom stereocenters. The molecule has 1 aliphatic carbocycles. The largest absolute Gasteiger partial charge is 0.480 e. The fourth-order valence-electron chi connectivity index (χ4n) is 5.47. The number of fused-ring (bicyclic) bond motifs is 1. The number of nitrogens with zero attached hydrogens (tertiary/aromatic N) is 2. The van der Waals surface area contributed by atoms with Gasteiger partial charge in [0.05, 0.1) is 0 Å². The summed E-state index contributed by atoms with van der Waals surface area (Å²) in [6.45, 7) is 6.55. The maximum Gasteiger partial charge on any atom is 0.326 e. The first kappa shape index (κ1) is 28.3. The molecule has 212 valence electrons. The van der Waals surface area contributed by atoms with Crippen LogP contribution < -0.4 is 10.1 Å². The lowest BCUT2D eigenvalue weighted by molar-refractivity contribution is -0.139. The molecule has 0 spiro atoms. The normalized spacial score (nSPS) is 14.6. The highest BCUT2D eigenvalue weighted by atomic mass is 16.5. The Kier molecular flexibility index (Phi) is 8.34. The van der Waals surface area contributed by atoms with E-state index in [1.165, 1.54) is 18.4 Å². The lowest BCUT2D eigenvalue weighted by atomic mass is 9.87. The molecule has 7 nitrogen and oxygen atoms in total. The quantitative estimate of drug-likeness (QED) is 0.235. The van der Waals surface area contributed by atoms with E-state index in [9.17, 15) is 14.7 Å². The van der Waals surface area contributed by atoms with Gasteiger partial charge in [-0.25, -0.2) is 9.78 Å². The van der Waals surface area contributed by atoms with Gasteiger partial charge in [-0.15, -0.1) is 0 Å². The molecule has 1 amide bonds. The monoisotopic (exact) mass is 551 g/mol. The van der Waals surface area contributed by atoms with Gasteiger partial charge in [0.15, 0.2) is 0 Å². The number of benzene rings is 2. The van der Waals surface area contributed by atoms with Crippen LogP contribution in [0, 0.1) is 5.92 Å². The van der Waals surface area contributed by atoms with Crippen molar-refractivity contribution in [2.75, 3.05) is 0 Å². The van der Waals surface area contributed by atoms with Gasteiger partial charge in [0.25, 0.3) is 5.91 Å². The summed E-state index contributed by atoms with van der Waals surface area (Å²) in [5.74, 6) is 0.361. The van der Waals surface area contributed by atoms with Crippen molar-refractivity contribution in [3.63, 3.8) is 0 Å². The Labute approximate surface area is 241 Å². The average molecular weight is 552 g/mol. The van der Waals surface area contributed by atoms with Crippen molar-refractivity contribution in [2.24, 2.45) is 5.92 Å². The number of ether oxygens (including phenoxy) is 1. The molecule has 2 aromatic carbocycles. The van der Waals surface area contributed by atoms with E-state index in [0.717, 1.165) is 47.0 Å².